The molecule has 0 saturated carbocycles. The molecule has 0 bridgehead atoms. The number of aromatic nitrogens is 4. The minimum atomic E-state index is -4.35. The monoisotopic (exact) mass is 955 g/mol. The van der Waals surface area contributed by atoms with Gasteiger partial charge in [-0.25, -0.2) is 15.0 Å². The van der Waals surface area contributed by atoms with Crippen LogP contribution in [0.15, 0.2) is 73.3 Å². The van der Waals surface area contributed by atoms with Crippen LogP contribution in [0.1, 0.15) is 86.3 Å². The van der Waals surface area contributed by atoms with Gasteiger partial charge in [0.05, 0.1) is 66.5 Å². The number of alkyl halides is 3. The van der Waals surface area contributed by atoms with Crippen LogP contribution in [-0.2, 0) is 15.7 Å². The van der Waals surface area contributed by atoms with E-state index in [9.17, 15) is 32.3 Å². The van der Waals surface area contributed by atoms with Crippen LogP contribution in [0.25, 0.3) is 10.9 Å². The van der Waals surface area contributed by atoms with E-state index in [0.717, 1.165) is 50.2 Å². The number of ether oxygens (including phenoxy) is 3. The number of ketones is 1. The largest absolute Gasteiger partial charge is 0.494 e. The number of aromatic amines is 1. The summed E-state index contributed by atoms with van der Waals surface area (Å²) < 4.78 is 55.2. The highest BCUT2D eigenvalue weighted by atomic mass is 19.4. The maximum absolute atomic E-state index is 13.2. The standard InChI is InChI=1S/C28H38F3N5O2.C22H22N4O5/c1-19-16-35(14-15-36(19)24(17-38-5)22-6-8-23(9-7-22)28(29,30)31)27(4)10-12-34(13-11-27)26(37)25-20(2)32-18-33-21(25)3;1-30-16-13-24-20(31-2)18-17(16)15(12-23-18)19(27)22(29)26-10-8-25(9-11-26)21(28)14-6-4-3-5-7-14/h6-9,18-19,24H,10-17H2,1-5H3;3-7,12-13,23H,8-11H2,1-2H3/t19-,24-;/m0./s1. The molecular weight excluding hydrogens is 896 g/mol. The molecule has 69 heavy (non-hydrogen) atoms. The molecular formula is C50H60F3N9O7. The molecule has 3 amide bonds. The van der Waals surface area contributed by atoms with Gasteiger partial charge in [0.15, 0.2) is 0 Å². The van der Waals surface area contributed by atoms with Gasteiger partial charge in [-0.05, 0) is 70.4 Å². The topological polar surface area (TPSA) is 167 Å². The summed E-state index contributed by atoms with van der Waals surface area (Å²) in [4.78, 5) is 77.2. The summed E-state index contributed by atoms with van der Waals surface area (Å²) >= 11 is 0. The Bertz CT molecular complexity index is 2590. The van der Waals surface area contributed by atoms with E-state index < -0.39 is 23.4 Å². The third-order valence-electron chi connectivity index (χ3n) is 13.7. The number of likely N-dealkylation sites (tertiary alicyclic amines) is 1. The Kier molecular flexibility index (Phi) is 15.7. The predicted octanol–water partition coefficient (Wildman–Crippen LogP) is 6.25. The summed E-state index contributed by atoms with van der Waals surface area (Å²) in [6.07, 6.45) is 1.80. The van der Waals surface area contributed by atoms with Gasteiger partial charge >= 0.3 is 6.18 Å². The van der Waals surface area contributed by atoms with E-state index in [2.05, 4.69) is 43.6 Å². The van der Waals surface area contributed by atoms with E-state index in [-0.39, 0.29) is 48.1 Å². The van der Waals surface area contributed by atoms with Crippen molar-refractivity contribution in [3.63, 3.8) is 0 Å². The fourth-order valence-corrected chi connectivity index (χ4v) is 9.65. The molecule has 368 valence electrons. The molecule has 3 aliphatic heterocycles. The fraction of sp³-hybridized carbons (Fsp3) is 0.460. The second-order valence-corrected chi connectivity index (χ2v) is 17.9. The summed E-state index contributed by atoms with van der Waals surface area (Å²) in [5.41, 5.74) is 3.46. The summed E-state index contributed by atoms with van der Waals surface area (Å²) in [6.45, 7) is 13.7. The van der Waals surface area contributed by atoms with Crippen molar-refractivity contribution in [2.24, 2.45) is 0 Å². The summed E-state index contributed by atoms with van der Waals surface area (Å²) in [5.74, 6) is -0.687. The molecule has 3 aliphatic rings. The zero-order chi connectivity index (χ0) is 49.6. The van der Waals surface area contributed by atoms with Crippen molar-refractivity contribution < 1.29 is 46.6 Å². The number of aryl methyl sites for hydroxylation is 2. The number of nitrogens with zero attached hydrogens (tertiary/aromatic N) is 8. The second kappa shape index (κ2) is 21.5. The van der Waals surface area contributed by atoms with E-state index in [1.165, 1.54) is 37.8 Å². The van der Waals surface area contributed by atoms with Gasteiger partial charge in [-0.2, -0.15) is 13.2 Å². The van der Waals surface area contributed by atoms with Gasteiger partial charge in [-0.3, -0.25) is 29.0 Å². The van der Waals surface area contributed by atoms with Crippen molar-refractivity contribution in [1.82, 2.24) is 44.4 Å². The number of nitrogens with one attached hydrogen (secondary N) is 1. The van der Waals surface area contributed by atoms with Crippen molar-refractivity contribution in [2.45, 2.75) is 64.3 Å². The lowest BCUT2D eigenvalue weighted by Gasteiger charge is -2.52. The van der Waals surface area contributed by atoms with Crippen LogP contribution >= 0.6 is 0 Å². The fourth-order valence-electron chi connectivity index (χ4n) is 9.65. The zero-order valence-corrected chi connectivity index (χ0v) is 40.1. The average molecular weight is 956 g/mol. The Hall–Kier alpha value is -6.44. The third-order valence-corrected chi connectivity index (χ3v) is 13.7. The average Bonchev–Trinajstić information content (AvgIpc) is 3.81. The molecule has 6 heterocycles. The van der Waals surface area contributed by atoms with E-state index in [0.29, 0.717) is 77.8 Å². The van der Waals surface area contributed by atoms with Crippen LogP contribution in [0.5, 0.6) is 11.6 Å². The number of piperidine rings is 1. The molecule has 5 aromatic rings. The van der Waals surface area contributed by atoms with E-state index >= 15 is 0 Å². The van der Waals surface area contributed by atoms with Gasteiger partial charge in [0, 0.05) is 89.4 Å². The van der Waals surface area contributed by atoms with E-state index in [1.54, 1.807) is 36.3 Å². The lowest BCUT2D eigenvalue weighted by molar-refractivity contribution is -0.137. The molecule has 3 saturated heterocycles. The highest BCUT2D eigenvalue weighted by molar-refractivity contribution is 6.45. The summed E-state index contributed by atoms with van der Waals surface area (Å²) in [5, 5.41) is 0.450. The Morgan fingerprint density at radius 1 is 0.797 bits per heavy atom. The first-order valence-corrected chi connectivity index (χ1v) is 23.0. The van der Waals surface area contributed by atoms with Gasteiger partial charge in [0.2, 0.25) is 5.88 Å². The number of fused-ring (bicyclic) bond motifs is 1. The third kappa shape index (κ3) is 10.9. The normalized spacial score (nSPS) is 18.3. The number of carbonyl (C=O) groups excluding carboxylic acids is 4. The molecule has 0 aliphatic carbocycles. The van der Waals surface area contributed by atoms with Crippen molar-refractivity contribution >= 4 is 34.4 Å². The number of hydrogen-bond donors (Lipinski definition) is 1. The Labute approximate surface area is 399 Å². The molecule has 19 heteroatoms. The molecule has 3 fully saturated rings. The number of benzene rings is 2. The lowest BCUT2D eigenvalue weighted by Crippen LogP contribution is -2.62. The first-order chi connectivity index (χ1) is 33.0. The molecule has 0 radical (unpaired) electrons. The van der Waals surface area contributed by atoms with Crippen LogP contribution in [0.3, 0.4) is 0 Å². The molecule has 3 aromatic heterocycles. The number of carbonyl (C=O) groups is 4. The zero-order valence-electron chi connectivity index (χ0n) is 40.1. The number of H-pyrrole nitrogens is 1. The Balaban J connectivity index is 0.000000208. The number of pyridine rings is 1. The molecule has 2 atom stereocenters. The van der Waals surface area contributed by atoms with E-state index in [4.69, 9.17) is 14.2 Å². The van der Waals surface area contributed by atoms with Crippen molar-refractivity contribution in [1.29, 1.82) is 0 Å². The maximum atomic E-state index is 13.2. The van der Waals surface area contributed by atoms with Gasteiger partial charge in [0.1, 0.15) is 17.6 Å². The van der Waals surface area contributed by atoms with E-state index in [1.807, 2.05) is 36.9 Å². The van der Waals surface area contributed by atoms with Crippen LogP contribution in [0, 0.1) is 13.8 Å². The molecule has 8 rings (SSSR count). The SMILES string of the molecule is COC[C@@H](c1ccc(C(F)(F)F)cc1)N1CCN(C2(C)CCN(C(=O)c3c(C)ncnc3C)CC2)C[C@@H]1C.COc1ncc(OC)c2c(C(=O)C(=O)N3CCN(C(=O)c4ccccc4)CC3)c[nH]c12. The van der Waals surface area contributed by atoms with Crippen LogP contribution in [0.2, 0.25) is 0 Å². The smallest absolute Gasteiger partial charge is 0.416 e. The van der Waals surface area contributed by atoms with Crippen LogP contribution in [-0.4, -0.2) is 166 Å². The second-order valence-electron chi connectivity index (χ2n) is 17.9. The van der Waals surface area contributed by atoms with Crippen LogP contribution < -0.4 is 9.47 Å². The predicted molar refractivity (Wildman–Crippen MR) is 251 cm³/mol. The number of amides is 3. The van der Waals surface area contributed by atoms with Crippen molar-refractivity contribution in [2.75, 3.05) is 86.8 Å². The highest BCUT2D eigenvalue weighted by Crippen LogP contribution is 2.36. The first kappa shape index (κ1) is 50.4. The molecule has 0 spiro atoms. The molecule has 2 aromatic carbocycles. The van der Waals surface area contributed by atoms with Gasteiger partial charge in [-0.15, -0.1) is 0 Å². The Morgan fingerprint density at radius 2 is 1.42 bits per heavy atom. The highest BCUT2D eigenvalue weighted by Gasteiger charge is 2.42. The maximum Gasteiger partial charge on any atom is 0.416 e. The van der Waals surface area contributed by atoms with Crippen LogP contribution in [0.4, 0.5) is 13.2 Å². The van der Waals surface area contributed by atoms with Gasteiger partial charge in [-0.1, -0.05) is 30.3 Å². The minimum Gasteiger partial charge on any atom is -0.494 e. The molecule has 16 nitrogen and oxygen atoms in total. The number of hydrogen-bond acceptors (Lipinski definition) is 12. The van der Waals surface area contributed by atoms with Gasteiger partial charge in [0.25, 0.3) is 23.5 Å². The summed E-state index contributed by atoms with van der Waals surface area (Å²) in [7, 11) is 4.56. The van der Waals surface area contributed by atoms with Crippen molar-refractivity contribution in [3.05, 3.63) is 113 Å². The number of methoxy groups -OCH3 is 3. The van der Waals surface area contributed by atoms with Crippen molar-refractivity contribution in [3.8, 4) is 11.6 Å². The number of piperazine rings is 2. The number of rotatable bonds is 11. The Morgan fingerprint density at radius 3 is 2.00 bits per heavy atom. The lowest BCUT2D eigenvalue weighted by atomic mass is 9.86. The minimum absolute atomic E-state index is 0.000198. The number of halogens is 3. The number of Topliss-reactive ketones (excluding diaryl/α,β-unsaturated/α-hetero) is 1. The first-order valence-electron chi connectivity index (χ1n) is 23.0. The summed E-state index contributed by atoms with van der Waals surface area (Å²) in [6, 6.07) is 14.5. The quantitative estimate of drug-likeness (QED) is 0.117. The molecule has 1 N–H and O–H groups in total. The van der Waals surface area contributed by atoms with Gasteiger partial charge < -0.3 is 33.9 Å². The molecule has 0 unspecified atom stereocenters.